The number of β-amino-alcohol motifs (C(OH)–C–C–N with tert-alkyl or cyclic N) is 1. The van der Waals surface area contributed by atoms with Gasteiger partial charge in [-0.3, -0.25) is 81.6 Å². The minimum absolute atomic E-state index is 0.0104. The predicted molar refractivity (Wildman–Crippen MR) is 476 cm³/mol. The summed E-state index contributed by atoms with van der Waals surface area (Å²) in [6.07, 6.45) is 15.3. The lowest BCUT2D eigenvalue weighted by molar-refractivity contribution is -0.142. The van der Waals surface area contributed by atoms with E-state index in [2.05, 4.69) is 98.0 Å². The number of imidazole rings is 1. The van der Waals surface area contributed by atoms with Crippen LogP contribution in [0.5, 0.6) is 0 Å². The number of carbonyl (C=O) groups excluding carboxylic acids is 15. The number of aliphatic imine (C=N–C) groups is 1. The number of para-hydroxylation sites is 1. The van der Waals surface area contributed by atoms with Gasteiger partial charge in [0, 0.05) is 98.3 Å². The average molecular weight is 1820 g/mol. The van der Waals surface area contributed by atoms with Crippen LogP contribution in [0.15, 0.2) is 78.3 Å². The van der Waals surface area contributed by atoms with Crippen molar-refractivity contribution in [3.05, 3.63) is 90.1 Å². The fourth-order valence-electron chi connectivity index (χ4n) is 14.2. The van der Waals surface area contributed by atoms with E-state index in [9.17, 15) is 90.5 Å². The zero-order valence-corrected chi connectivity index (χ0v) is 74.8. The Morgan fingerprint density at radius 2 is 1.08 bits per heavy atom. The van der Waals surface area contributed by atoms with Crippen molar-refractivity contribution in [2.75, 3.05) is 38.5 Å². The van der Waals surface area contributed by atoms with Gasteiger partial charge in [-0.05, 0) is 76.5 Å². The molecule has 5 rings (SSSR count). The first kappa shape index (κ1) is 106. The number of nitrogens with zero attached hydrogens (tertiary/aromatic N) is 3. The molecule has 0 radical (unpaired) electrons. The van der Waals surface area contributed by atoms with Crippen molar-refractivity contribution in [3.8, 4) is 0 Å². The quantitative estimate of drug-likeness (QED) is 0.0101. The summed E-state index contributed by atoms with van der Waals surface area (Å²) < 4.78 is 26.1. The van der Waals surface area contributed by atoms with E-state index in [1.165, 1.54) is 70.8 Å². The van der Waals surface area contributed by atoms with Crippen LogP contribution in [-0.4, -0.2) is 249 Å². The number of nitrogens with one attached hydrogen (secondary N) is 14. The number of thiol groups is 1. The summed E-state index contributed by atoms with van der Waals surface area (Å²) >= 11 is 4.49. The van der Waals surface area contributed by atoms with Crippen molar-refractivity contribution in [2.45, 2.75) is 285 Å². The highest BCUT2D eigenvalue weighted by Crippen LogP contribution is 2.24. The third kappa shape index (κ3) is 38.8. The Morgan fingerprint density at radius 3 is 1.65 bits per heavy atom. The molecular formula is C84H132N22O19S2. The molecule has 704 valence electrons. The number of sulfonamides is 1. The van der Waals surface area contributed by atoms with Crippen LogP contribution in [0.25, 0.3) is 10.9 Å². The molecule has 41 nitrogen and oxygen atoms in total. The van der Waals surface area contributed by atoms with Gasteiger partial charge in [0.05, 0.1) is 31.3 Å². The summed E-state index contributed by atoms with van der Waals surface area (Å²) in [5.74, 6) is -14.8. The molecule has 0 spiro atoms. The highest BCUT2D eigenvalue weighted by Gasteiger charge is 2.44. The Kier molecular flexibility index (Phi) is 46.3. The number of carbonyl (C=O) groups is 15. The van der Waals surface area contributed by atoms with Gasteiger partial charge in [-0.2, -0.15) is 12.6 Å². The number of fused-ring (bicyclic) bond motifs is 1. The zero-order valence-electron chi connectivity index (χ0n) is 73.1. The molecule has 12 atom stereocenters. The molecule has 2 aromatic carbocycles. The number of aromatic amines is 2. The van der Waals surface area contributed by atoms with Crippen LogP contribution in [0.1, 0.15) is 206 Å². The number of guanidine groups is 1. The SMILES string of the molecule is CCCCCCCCCCCCCCCC(=O)NS(=O)(=O)CCCC(=O)NCC(=O)N[C@@H](CO)C(=O)N[C@H](CCC(N)=O)C(=O)N[C@@H](Cc1cnc[nH]1)C(=O)N[C@@H](CN)C(=O)N[C@@H](CCCC)C(=O)N[C@@H](C)C(=O)N1C[C@H](O)C[C@H]1C(=O)N[C@H](Cc1ccccc1)C(=O)N[C@@H](CCCN=C(N)N)C(=O)N[C@@H](Cc1c[nH]c2ccccc12)C(=O)N[C@H](C(N)=O)C(C)(C)S. The van der Waals surface area contributed by atoms with E-state index in [4.69, 9.17) is 28.7 Å². The van der Waals surface area contributed by atoms with E-state index in [0.29, 0.717) is 30.4 Å². The second-order valence-electron chi connectivity index (χ2n) is 32.4. The lowest BCUT2D eigenvalue weighted by atomic mass is 9.99. The number of aliphatic hydroxyl groups is 2. The molecule has 26 N–H and O–H groups in total. The Balaban J connectivity index is 1.22. The number of unbranched alkanes of at least 4 members (excludes halogenated alkanes) is 13. The largest absolute Gasteiger partial charge is 0.394 e. The van der Waals surface area contributed by atoms with Crippen molar-refractivity contribution < 1.29 is 90.5 Å². The van der Waals surface area contributed by atoms with Crippen LogP contribution in [-0.2, 0) is 101 Å². The van der Waals surface area contributed by atoms with Crippen molar-refractivity contribution in [3.63, 3.8) is 0 Å². The highest BCUT2D eigenvalue weighted by molar-refractivity contribution is 7.90. The lowest BCUT2D eigenvalue weighted by Crippen LogP contribution is -2.62. The van der Waals surface area contributed by atoms with E-state index in [0.717, 1.165) is 41.5 Å². The molecule has 1 aliphatic heterocycles. The number of hydrogen-bond acceptors (Lipinski definition) is 23. The van der Waals surface area contributed by atoms with E-state index in [1.807, 2.05) is 10.8 Å². The summed E-state index contributed by atoms with van der Waals surface area (Å²) in [6, 6.07) is -1.25. The number of aliphatic hydroxyl groups excluding tert-OH is 2. The number of amides is 15. The minimum atomic E-state index is -4.09. The minimum Gasteiger partial charge on any atom is -0.394 e. The molecule has 43 heteroatoms. The first-order valence-electron chi connectivity index (χ1n) is 43.4. The molecule has 2 aromatic heterocycles. The Bertz CT molecular complexity index is 4410. The maximum Gasteiger partial charge on any atom is 0.245 e. The molecule has 1 fully saturated rings. The number of nitrogens with two attached hydrogens (primary N) is 5. The van der Waals surface area contributed by atoms with Crippen LogP contribution in [0.3, 0.4) is 0 Å². The molecule has 1 aliphatic rings. The smallest absolute Gasteiger partial charge is 0.245 e. The van der Waals surface area contributed by atoms with Gasteiger partial charge in [0.25, 0.3) is 0 Å². The fraction of sp³-hybridized carbons (Fsp3) is 0.607. The number of benzene rings is 2. The van der Waals surface area contributed by atoms with Crippen LogP contribution < -0.4 is 91.9 Å². The number of H-pyrrole nitrogens is 2. The number of likely N-dealkylation sites (tertiary alicyclic amines) is 1. The second kappa shape index (κ2) is 55.3. The van der Waals surface area contributed by atoms with Gasteiger partial charge < -0.3 is 112 Å². The topological polar surface area (TPSA) is 665 Å². The van der Waals surface area contributed by atoms with Gasteiger partial charge in [0.2, 0.25) is 98.6 Å². The average Bonchev–Trinajstić information content (AvgIpc) is 1.69. The third-order valence-corrected chi connectivity index (χ3v) is 22.9. The molecule has 127 heavy (non-hydrogen) atoms. The number of rotatable bonds is 61. The summed E-state index contributed by atoms with van der Waals surface area (Å²) in [6.45, 7) is 5.51. The van der Waals surface area contributed by atoms with Gasteiger partial charge in [-0.1, -0.05) is 152 Å². The Morgan fingerprint density at radius 1 is 0.567 bits per heavy atom. The molecule has 3 heterocycles. The van der Waals surface area contributed by atoms with Crippen molar-refractivity contribution in [2.24, 2.45) is 33.7 Å². The molecule has 1 saturated heterocycles. The highest BCUT2D eigenvalue weighted by atomic mass is 32.2. The predicted octanol–water partition coefficient (Wildman–Crippen LogP) is -1.77. The molecule has 0 bridgehead atoms. The fourth-order valence-corrected chi connectivity index (χ4v) is 15.5. The molecule has 15 amide bonds. The van der Waals surface area contributed by atoms with Crippen LogP contribution >= 0.6 is 12.6 Å². The van der Waals surface area contributed by atoms with E-state index >= 15 is 0 Å². The summed E-state index contributed by atoms with van der Waals surface area (Å²) in [5, 5.41) is 49.8. The van der Waals surface area contributed by atoms with Crippen molar-refractivity contribution >= 4 is 128 Å². The van der Waals surface area contributed by atoms with Gasteiger partial charge in [-0.15, -0.1) is 0 Å². The van der Waals surface area contributed by atoms with E-state index in [-0.39, 0.29) is 82.4 Å². The third-order valence-electron chi connectivity index (χ3n) is 21.2. The molecule has 0 unspecified atom stereocenters. The summed E-state index contributed by atoms with van der Waals surface area (Å²) in [7, 11) is -4.09. The second-order valence-corrected chi connectivity index (χ2v) is 35.4. The maximum atomic E-state index is 14.9. The van der Waals surface area contributed by atoms with Gasteiger partial charge in [-0.25, -0.2) is 13.4 Å². The standard InChI is InChI=1S/C84H132N22O19S2/c1-6-8-10-11-12-13-14-15-16-17-18-19-23-34-69(111)105-127(124,125)39-27-35-68(110)93-47-70(112)96-65(49-107)80(121)99-60(36-37-67(86)109)75(116)101-63(42-54-46-90-50-94-54)77(118)103-64(44-85)79(120)98-58(31-9-7-2)73(114)95-51(3)82(123)106-48-55(108)43-66(106)81(122)102-61(40-52-28-21-20-22-29-52)76(117)97-59(33-26-38-91-83(88)89)74(115)100-62(78(119)104-71(72(87)113)84(4,5)126)41-53-45-92-57-32-25-24-30-56(53)57/h20-22,24-25,28-30,32,45-46,50-51,55,58-66,71,92,107-108,126H,6-19,23,26-27,31,33-44,47-49,85H2,1-5H3,(H2,86,109)(H2,87,113)(H,90,94)(H,93,110)(H,95,114)(H,96,112)(H,97,117)(H,98,120)(H,99,121)(H,100,115)(H,101,116)(H,102,122)(H,103,118)(H,104,119)(H,105,111)(H4,88,89,91)/t51-,55+,58-,59-,60+,61+,62-,63-,64-,65-,66-,71+/m0/s1. The van der Waals surface area contributed by atoms with Crippen LogP contribution in [0, 0.1) is 0 Å². The summed E-state index contributed by atoms with van der Waals surface area (Å²) in [5.41, 5.74) is 30.6. The van der Waals surface area contributed by atoms with Gasteiger partial charge in [0.1, 0.15) is 66.5 Å². The molecule has 0 aliphatic carbocycles. The van der Waals surface area contributed by atoms with Gasteiger partial charge in [0.15, 0.2) is 5.96 Å². The van der Waals surface area contributed by atoms with Crippen LogP contribution in [0.2, 0.25) is 0 Å². The Labute approximate surface area is 745 Å². The maximum absolute atomic E-state index is 14.9. The zero-order chi connectivity index (χ0) is 93.8. The number of hydrogen-bond donors (Lipinski definition) is 22. The number of aromatic nitrogens is 3. The Hall–Kier alpha value is -11.3. The number of primary amides is 2. The first-order chi connectivity index (χ1) is 60.4. The van der Waals surface area contributed by atoms with Crippen molar-refractivity contribution in [1.29, 1.82) is 0 Å². The summed E-state index contributed by atoms with van der Waals surface area (Å²) in [4.78, 5) is 222. The molecular weight excluding hydrogens is 1690 g/mol. The molecule has 4 aromatic rings. The van der Waals surface area contributed by atoms with Crippen LogP contribution in [0.4, 0.5) is 0 Å². The lowest BCUT2D eigenvalue weighted by Gasteiger charge is -2.31. The normalized spacial score (nSPS) is 15.6. The van der Waals surface area contributed by atoms with E-state index < -0.39 is 221 Å². The van der Waals surface area contributed by atoms with Crippen molar-refractivity contribution in [1.82, 2.24) is 83.1 Å². The van der Waals surface area contributed by atoms with E-state index in [1.54, 1.807) is 75.5 Å². The monoisotopic (exact) mass is 1820 g/mol. The first-order valence-corrected chi connectivity index (χ1v) is 45.5. The van der Waals surface area contributed by atoms with Gasteiger partial charge >= 0.3 is 0 Å². The molecule has 0 saturated carbocycles.